The minimum Gasteiger partial charge on any atom is -0.329 e. The van der Waals surface area contributed by atoms with Crippen molar-refractivity contribution in [2.45, 2.75) is 38.9 Å². The Hall–Kier alpha value is -1.39. The van der Waals surface area contributed by atoms with E-state index in [9.17, 15) is 0 Å². The summed E-state index contributed by atoms with van der Waals surface area (Å²) in [4.78, 5) is 2.38. The smallest absolute Gasteiger partial charge is 0.0843 e. The van der Waals surface area contributed by atoms with Crippen molar-refractivity contribution in [3.8, 4) is 0 Å². The van der Waals surface area contributed by atoms with Crippen LogP contribution in [0.1, 0.15) is 25.5 Å². The minimum absolute atomic E-state index is 0.500. The van der Waals surface area contributed by atoms with Gasteiger partial charge in [-0.05, 0) is 38.8 Å². The first kappa shape index (κ1) is 13.6. The lowest BCUT2D eigenvalue weighted by Crippen LogP contribution is -2.39. The van der Waals surface area contributed by atoms with Crippen LogP contribution in [0.15, 0.2) is 24.3 Å². The molecule has 2 N–H and O–H groups in total. The quantitative estimate of drug-likeness (QED) is 0.877. The van der Waals surface area contributed by atoms with Gasteiger partial charge in [-0.3, -0.25) is 9.58 Å². The van der Waals surface area contributed by atoms with Crippen LogP contribution in [0, 0.1) is 5.92 Å². The SMILES string of the molecule is CCn1nc(CN(C)C(CN)C2CC2)c2ccccc21. The molecule has 3 rings (SSSR count). The minimum atomic E-state index is 0.500. The Kier molecular flexibility index (Phi) is 3.76. The third kappa shape index (κ3) is 2.45. The molecule has 0 aliphatic heterocycles. The van der Waals surface area contributed by atoms with Crippen LogP contribution in [-0.4, -0.2) is 34.3 Å². The van der Waals surface area contributed by atoms with Crippen LogP contribution >= 0.6 is 0 Å². The Morgan fingerprint density at radius 1 is 1.40 bits per heavy atom. The van der Waals surface area contributed by atoms with Gasteiger partial charge in [-0.1, -0.05) is 18.2 Å². The molecule has 20 heavy (non-hydrogen) atoms. The van der Waals surface area contributed by atoms with Gasteiger partial charge in [0.2, 0.25) is 0 Å². The Balaban J connectivity index is 1.86. The lowest BCUT2D eigenvalue weighted by atomic mass is 10.1. The number of benzene rings is 1. The monoisotopic (exact) mass is 272 g/mol. The number of nitrogens with zero attached hydrogens (tertiary/aromatic N) is 3. The Labute approximate surface area is 120 Å². The summed E-state index contributed by atoms with van der Waals surface area (Å²) in [6.07, 6.45) is 2.66. The van der Waals surface area contributed by atoms with Crippen molar-refractivity contribution in [1.29, 1.82) is 0 Å². The first-order valence-electron chi connectivity index (χ1n) is 7.59. The van der Waals surface area contributed by atoms with Crippen molar-refractivity contribution < 1.29 is 0 Å². The molecule has 1 heterocycles. The zero-order valence-corrected chi connectivity index (χ0v) is 12.4. The standard InChI is InChI=1S/C16H24N4/c1-3-20-15-7-5-4-6-13(15)14(18-20)11-19(2)16(10-17)12-8-9-12/h4-7,12,16H,3,8-11,17H2,1-2H3. The second-order valence-corrected chi connectivity index (χ2v) is 5.84. The summed E-state index contributed by atoms with van der Waals surface area (Å²) in [5.74, 6) is 0.796. The van der Waals surface area contributed by atoms with Crippen LogP contribution in [0.5, 0.6) is 0 Å². The summed E-state index contributed by atoms with van der Waals surface area (Å²) in [5, 5.41) is 6.05. The maximum absolute atomic E-state index is 5.95. The zero-order valence-electron chi connectivity index (χ0n) is 12.4. The number of hydrogen-bond acceptors (Lipinski definition) is 3. The van der Waals surface area contributed by atoms with Crippen molar-refractivity contribution in [2.75, 3.05) is 13.6 Å². The van der Waals surface area contributed by atoms with Gasteiger partial charge in [0.05, 0.1) is 11.2 Å². The second kappa shape index (κ2) is 5.54. The molecule has 4 heteroatoms. The normalized spacial score (nSPS) is 17.0. The van der Waals surface area contributed by atoms with Gasteiger partial charge in [0.15, 0.2) is 0 Å². The number of likely N-dealkylation sites (N-methyl/N-ethyl adjacent to an activating group) is 1. The summed E-state index contributed by atoms with van der Waals surface area (Å²) in [5.41, 5.74) is 8.35. The van der Waals surface area contributed by atoms with E-state index >= 15 is 0 Å². The van der Waals surface area contributed by atoms with Gasteiger partial charge < -0.3 is 5.73 Å². The van der Waals surface area contributed by atoms with Gasteiger partial charge in [0.1, 0.15) is 0 Å². The molecule has 1 saturated carbocycles. The molecule has 0 amide bonds. The van der Waals surface area contributed by atoms with Crippen LogP contribution < -0.4 is 5.73 Å². The van der Waals surface area contributed by atoms with Gasteiger partial charge in [0.25, 0.3) is 0 Å². The molecule has 1 aromatic carbocycles. The molecule has 1 fully saturated rings. The van der Waals surface area contributed by atoms with E-state index in [1.807, 2.05) is 0 Å². The van der Waals surface area contributed by atoms with Gasteiger partial charge in [-0.15, -0.1) is 0 Å². The van der Waals surface area contributed by atoms with E-state index in [4.69, 9.17) is 10.8 Å². The molecule has 0 saturated heterocycles. The van der Waals surface area contributed by atoms with Crippen molar-refractivity contribution in [2.24, 2.45) is 11.7 Å². The fourth-order valence-electron chi connectivity index (χ4n) is 3.12. The summed E-state index contributed by atoms with van der Waals surface area (Å²) in [7, 11) is 2.18. The van der Waals surface area contributed by atoms with E-state index in [0.29, 0.717) is 6.04 Å². The Morgan fingerprint density at radius 2 is 2.15 bits per heavy atom. The molecule has 1 aliphatic rings. The largest absolute Gasteiger partial charge is 0.329 e. The maximum Gasteiger partial charge on any atom is 0.0843 e. The molecule has 0 bridgehead atoms. The molecular weight excluding hydrogens is 248 g/mol. The van der Waals surface area contributed by atoms with E-state index in [1.165, 1.54) is 29.4 Å². The first-order chi connectivity index (χ1) is 9.74. The van der Waals surface area contributed by atoms with Crippen LogP contribution in [0.2, 0.25) is 0 Å². The number of aryl methyl sites for hydroxylation is 1. The average Bonchev–Trinajstić information content (AvgIpc) is 3.23. The average molecular weight is 272 g/mol. The molecule has 1 aromatic heterocycles. The highest BCUT2D eigenvalue weighted by Gasteiger charge is 2.33. The fourth-order valence-corrected chi connectivity index (χ4v) is 3.12. The lowest BCUT2D eigenvalue weighted by molar-refractivity contribution is 0.213. The first-order valence-corrected chi connectivity index (χ1v) is 7.59. The van der Waals surface area contributed by atoms with E-state index in [0.717, 1.165) is 25.6 Å². The van der Waals surface area contributed by atoms with Crippen LogP contribution in [0.3, 0.4) is 0 Å². The van der Waals surface area contributed by atoms with Crippen molar-refractivity contribution in [1.82, 2.24) is 14.7 Å². The number of para-hydroxylation sites is 1. The molecule has 108 valence electrons. The van der Waals surface area contributed by atoms with Crippen LogP contribution in [0.25, 0.3) is 10.9 Å². The second-order valence-electron chi connectivity index (χ2n) is 5.84. The van der Waals surface area contributed by atoms with Crippen LogP contribution in [0.4, 0.5) is 0 Å². The van der Waals surface area contributed by atoms with Crippen molar-refractivity contribution >= 4 is 10.9 Å². The number of hydrogen-bond donors (Lipinski definition) is 1. The summed E-state index contributed by atoms with van der Waals surface area (Å²) in [6.45, 7) is 4.67. The summed E-state index contributed by atoms with van der Waals surface area (Å²) < 4.78 is 2.09. The molecule has 1 atom stereocenters. The number of fused-ring (bicyclic) bond motifs is 1. The predicted molar refractivity (Wildman–Crippen MR) is 82.4 cm³/mol. The number of rotatable bonds is 6. The molecule has 0 spiro atoms. The molecule has 2 aromatic rings. The highest BCUT2D eigenvalue weighted by atomic mass is 15.3. The van der Waals surface area contributed by atoms with Gasteiger partial charge >= 0.3 is 0 Å². The highest BCUT2D eigenvalue weighted by molar-refractivity contribution is 5.81. The molecule has 0 radical (unpaired) electrons. The highest BCUT2D eigenvalue weighted by Crippen LogP contribution is 2.35. The molecule has 1 aliphatic carbocycles. The molecular formula is C16H24N4. The maximum atomic E-state index is 5.95. The van der Waals surface area contributed by atoms with Crippen LogP contribution in [-0.2, 0) is 13.1 Å². The molecule has 1 unspecified atom stereocenters. The van der Waals surface area contributed by atoms with E-state index in [1.54, 1.807) is 0 Å². The van der Waals surface area contributed by atoms with E-state index in [2.05, 4.69) is 47.8 Å². The third-order valence-electron chi connectivity index (χ3n) is 4.41. The fraction of sp³-hybridized carbons (Fsp3) is 0.562. The third-order valence-corrected chi connectivity index (χ3v) is 4.41. The number of aromatic nitrogens is 2. The molecule has 4 nitrogen and oxygen atoms in total. The Bertz CT molecular complexity index is 585. The Morgan fingerprint density at radius 3 is 2.80 bits per heavy atom. The summed E-state index contributed by atoms with van der Waals surface area (Å²) >= 11 is 0. The van der Waals surface area contributed by atoms with Crippen molar-refractivity contribution in [3.63, 3.8) is 0 Å². The van der Waals surface area contributed by atoms with Crippen molar-refractivity contribution in [3.05, 3.63) is 30.0 Å². The van der Waals surface area contributed by atoms with Gasteiger partial charge in [-0.25, -0.2) is 0 Å². The van der Waals surface area contributed by atoms with E-state index < -0.39 is 0 Å². The lowest BCUT2D eigenvalue weighted by Gasteiger charge is -2.26. The van der Waals surface area contributed by atoms with E-state index in [-0.39, 0.29) is 0 Å². The topological polar surface area (TPSA) is 47.1 Å². The zero-order chi connectivity index (χ0) is 14.1. The predicted octanol–water partition coefficient (Wildman–Crippen LogP) is 2.23. The summed E-state index contributed by atoms with van der Waals surface area (Å²) in [6, 6.07) is 8.99. The van der Waals surface area contributed by atoms with Gasteiger partial charge in [-0.2, -0.15) is 5.10 Å². The number of nitrogens with two attached hydrogens (primary N) is 1. The van der Waals surface area contributed by atoms with Gasteiger partial charge in [0, 0.05) is 31.1 Å².